The highest BCUT2D eigenvalue weighted by atomic mass is 32.1. The fourth-order valence-corrected chi connectivity index (χ4v) is 3.03. The number of hydrogen-bond donors (Lipinski definition) is 2. The average Bonchev–Trinajstić information content (AvgIpc) is 3.21. The smallest absolute Gasteiger partial charge is 0.422 e. The van der Waals surface area contributed by atoms with Crippen LogP contribution in [0.4, 0.5) is 24.5 Å². The van der Waals surface area contributed by atoms with Gasteiger partial charge in [0, 0.05) is 11.8 Å². The fourth-order valence-electron chi connectivity index (χ4n) is 2.41. The number of thiophene rings is 1. The van der Waals surface area contributed by atoms with Crippen molar-refractivity contribution in [2.75, 3.05) is 17.2 Å². The van der Waals surface area contributed by atoms with E-state index < -0.39 is 18.7 Å². The number of para-hydroxylation sites is 1. The van der Waals surface area contributed by atoms with E-state index in [0.717, 1.165) is 0 Å². The van der Waals surface area contributed by atoms with E-state index in [0.29, 0.717) is 10.6 Å². The largest absolute Gasteiger partial charge is 0.484 e. The number of anilines is 2. The molecule has 2 N–H and O–H groups in total. The molecule has 3 rings (SSSR count). The van der Waals surface area contributed by atoms with Crippen molar-refractivity contribution in [2.45, 2.75) is 6.18 Å². The van der Waals surface area contributed by atoms with Crippen LogP contribution in [0.1, 0.15) is 20.0 Å². The van der Waals surface area contributed by atoms with E-state index in [2.05, 4.69) is 15.4 Å². The number of benzene rings is 2. The van der Waals surface area contributed by atoms with Gasteiger partial charge in [-0.15, -0.1) is 11.3 Å². The fraction of sp³-hybridized carbons (Fsp3) is 0.100. The maximum atomic E-state index is 12.7. The Bertz CT molecular complexity index is 1000. The molecule has 0 atom stereocenters. The first-order valence-electron chi connectivity index (χ1n) is 8.37. The summed E-state index contributed by atoms with van der Waals surface area (Å²) in [6.45, 7) is -1.43. The van der Waals surface area contributed by atoms with Gasteiger partial charge < -0.3 is 15.4 Å². The molecule has 0 aliphatic carbocycles. The topological polar surface area (TPSA) is 67.4 Å². The standard InChI is InChI=1S/C20H15F3N2O3S/c21-20(22,23)12-28-14-6-3-5-13(11-14)24-18(26)15-7-1-2-8-16(15)25-19(27)17-9-4-10-29-17/h1-11H,12H2,(H,24,26)(H,25,27). The molecular formula is C20H15F3N2O3S. The van der Waals surface area contributed by atoms with E-state index in [9.17, 15) is 22.8 Å². The number of nitrogens with one attached hydrogen (secondary N) is 2. The lowest BCUT2D eigenvalue weighted by Crippen LogP contribution is -2.19. The Balaban J connectivity index is 1.72. The third-order valence-electron chi connectivity index (χ3n) is 3.66. The lowest BCUT2D eigenvalue weighted by molar-refractivity contribution is -0.153. The predicted octanol–water partition coefficient (Wildman–Crippen LogP) is 5.19. The Morgan fingerprint density at radius 1 is 0.931 bits per heavy atom. The minimum atomic E-state index is -4.46. The van der Waals surface area contributed by atoms with Crippen LogP contribution in [0.25, 0.3) is 0 Å². The molecule has 0 saturated carbocycles. The van der Waals surface area contributed by atoms with E-state index in [1.165, 1.54) is 41.7 Å². The minimum absolute atomic E-state index is 0.0283. The van der Waals surface area contributed by atoms with Gasteiger partial charge in [-0.25, -0.2) is 0 Å². The zero-order valence-corrected chi connectivity index (χ0v) is 15.6. The molecule has 0 bridgehead atoms. The first-order chi connectivity index (χ1) is 13.8. The SMILES string of the molecule is O=C(Nc1ccccc1C(=O)Nc1cccc(OCC(F)(F)F)c1)c1cccs1. The monoisotopic (exact) mass is 420 g/mol. The molecule has 2 aromatic carbocycles. The first kappa shape index (κ1) is 20.4. The van der Waals surface area contributed by atoms with Crippen LogP contribution in [-0.2, 0) is 0 Å². The van der Waals surface area contributed by atoms with Gasteiger partial charge in [0.05, 0.1) is 16.1 Å². The van der Waals surface area contributed by atoms with Crippen LogP contribution in [0.5, 0.6) is 5.75 Å². The number of halogens is 3. The third-order valence-corrected chi connectivity index (χ3v) is 4.53. The van der Waals surface area contributed by atoms with Gasteiger partial charge >= 0.3 is 6.18 Å². The highest BCUT2D eigenvalue weighted by Crippen LogP contribution is 2.23. The molecule has 0 fully saturated rings. The zero-order valence-electron chi connectivity index (χ0n) is 14.8. The van der Waals surface area contributed by atoms with Crippen LogP contribution in [0, 0.1) is 0 Å². The van der Waals surface area contributed by atoms with Gasteiger partial charge in [0.15, 0.2) is 6.61 Å². The van der Waals surface area contributed by atoms with Gasteiger partial charge in [-0.05, 0) is 35.7 Å². The molecule has 9 heteroatoms. The number of carbonyl (C=O) groups is 2. The van der Waals surface area contributed by atoms with Crippen LogP contribution in [0.2, 0.25) is 0 Å². The average molecular weight is 420 g/mol. The van der Waals surface area contributed by atoms with Crippen LogP contribution in [-0.4, -0.2) is 24.6 Å². The second kappa shape index (κ2) is 8.78. The van der Waals surface area contributed by atoms with E-state index in [-0.39, 0.29) is 22.9 Å². The third kappa shape index (κ3) is 5.82. The molecule has 1 heterocycles. The Morgan fingerprint density at radius 3 is 2.45 bits per heavy atom. The van der Waals surface area contributed by atoms with Crippen molar-refractivity contribution in [1.29, 1.82) is 0 Å². The lowest BCUT2D eigenvalue weighted by Gasteiger charge is -2.13. The number of carbonyl (C=O) groups excluding carboxylic acids is 2. The molecule has 0 aliphatic rings. The van der Waals surface area contributed by atoms with Gasteiger partial charge in [0.2, 0.25) is 0 Å². The van der Waals surface area contributed by atoms with E-state index >= 15 is 0 Å². The summed E-state index contributed by atoms with van der Waals surface area (Å²) in [5.41, 5.74) is 0.779. The Hall–Kier alpha value is -3.33. The molecular weight excluding hydrogens is 405 g/mol. The molecule has 0 unspecified atom stereocenters. The maximum absolute atomic E-state index is 12.7. The predicted molar refractivity (Wildman–Crippen MR) is 105 cm³/mol. The van der Waals surface area contributed by atoms with Crippen molar-refractivity contribution in [3.05, 3.63) is 76.5 Å². The molecule has 0 spiro atoms. The number of ether oxygens (including phenoxy) is 1. The van der Waals surface area contributed by atoms with Crippen LogP contribution in [0.3, 0.4) is 0 Å². The minimum Gasteiger partial charge on any atom is -0.484 e. The van der Waals surface area contributed by atoms with E-state index in [1.807, 2.05) is 0 Å². The molecule has 1 aromatic heterocycles. The molecule has 3 aromatic rings. The van der Waals surface area contributed by atoms with E-state index in [4.69, 9.17) is 0 Å². The van der Waals surface area contributed by atoms with Gasteiger partial charge in [0.25, 0.3) is 11.8 Å². The van der Waals surface area contributed by atoms with Crippen molar-refractivity contribution in [2.24, 2.45) is 0 Å². The maximum Gasteiger partial charge on any atom is 0.422 e. The summed E-state index contributed by atoms with van der Waals surface area (Å²) < 4.78 is 41.6. The molecule has 0 radical (unpaired) electrons. The molecule has 5 nitrogen and oxygen atoms in total. The lowest BCUT2D eigenvalue weighted by atomic mass is 10.1. The van der Waals surface area contributed by atoms with Gasteiger partial charge in [-0.1, -0.05) is 24.3 Å². The molecule has 150 valence electrons. The number of amides is 2. The van der Waals surface area contributed by atoms with Crippen LogP contribution < -0.4 is 15.4 Å². The summed E-state index contributed by atoms with van der Waals surface area (Å²) in [4.78, 5) is 25.4. The van der Waals surface area contributed by atoms with Crippen molar-refractivity contribution < 1.29 is 27.5 Å². The van der Waals surface area contributed by atoms with Crippen LogP contribution >= 0.6 is 11.3 Å². The Kier molecular flexibility index (Phi) is 6.18. The van der Waals surface area contributed by atoms with Gasteiger partial charge in [-0.2, -0.15) is 13.2 Å². The quantitative estimate of drug-likeness (QED) is 0.577. The van der Waals surface area contributed by atoms with Gasteiger partial charge in [0.1, 0.15) is 5.75 Å². The Labute approximate surface area is 168 Å². The number of hydrogen-bond acceptors (Lipinski definition) is 4. The number of rotatable bonds is 6. The second-order valence-corrected chi connectivity index (χ2v) is 6.81. The first-order valence-corrected chi connectivity index (χ1v) is 9.25. The van der Waals surface area contributed by atoms with Crippen molar-refractivity contribution in [3.63, 3.8) is 0 Å². The summed E-state index contributed by atoms with van der Waals surface area (Å²) in [5, 5.41) is 7.05. The van der Waals surface area contributed by atoms with Crippen LogP contribution in [0.15, 0.2) is 66.0 Å². The molecule has 0 saturated heterocycles. The normalized spacial score (nSPS) is 11.0. The van der Waals surface area contributed by atoms with Gasteiger partial charge in [-0.3, -0.25) is 9.59 Å². The highest BCUT2D eigenvalue weighted by Gasteiger charge is 2.28. The second-order valence-electron chi connectivity index (χ2n) is 5.86. The van der Waals surface area contributed by atoms with Crippen molar-refractivity contribution in [1.82, 2.24) is 0 Å². The molecule has 2 amide bonds. The summed E-state index contributed by atoms with van der Waals surface area (Å²) >= 11 is 1.27. The number of alkyl halides is 3. The van der Waals surface area contributed by atoms with Crippen molar-refractivity contribution >= 4 is 34.5 Å². The molecule has 29 heavy (non-hydrogen) atoms. The highest BCUT2D eigenvalue weighted by molar-refractivity contribution is 7.12. The Morgan fingerprint density at radius 2 is 1.72 bits per heavy atom. The summed E-state index contributed by atoms with van der Waals surface area (Å²) in [7, 11) is 0. The summed E-state index contributed by atoms with van der Waals surface area (Å²) in [6.07, 6.45) is -4.46. The molecule has 0 aliphatic heterocycles. The van der Waals surface area contributed by atoms with E-state index in [1.54, 1.807) is 35.7 Å². The summed E-state index contributed by atoms with van der Waals surface area (Å²) in [5.74, 6) is -0.901. The zero-order chi connectivity index (χ0) is 20.9. The summed E-state index contributed by atoms with van der Waals surface area (Å²) in [6, 6.07) is 15.5. The van der Waals surface area contributed by atoms with Crippen molar-refractivity contribution in [3.8, 4) is 5.75 Å².